The zero-order valence-electron chi connectivity index (χ0n) is 13.2. The zero-order valence-corrected chi connectivity index (χ0v) is 13.2. The number of carbonyl (C=O) groups excluding carboxylic acids is 1. The van der Waals surface area contributed by atoms with Crippen molar-refractivity contribution >= 4 is 11.8 Å². The van der Waals surface area contributed by atoms with E-state index in [4.69, 9.17) is 15.3 Å². The molecule has 0 aliphatic carbocycles. The lowest BCUT2D eigenvalue weighted by atomic mass is 10.2. The van der Waals surface area contributed by atoms with Gasteiger partial charge in [0.05, 0.1) is 12.3 Å². The summed E-state index contributed by atoms with van der Waals surface area (Å²) < 4.78 is 23.4. The second-order valence-electron chi connectivity index (χ2n) is 4.97. The van der Waals surface area contributed by atoms with Gasteiger partial charge in [0.2, 0.25) is 0 Å². The Labute approximate surface area is 140 Å². The van der Waals surface area contributed by atoms with Gasteiger partial charge in [0.15, 0.2) is 0 Å². The Morgan fingerprint density at radius 1 is 1.17 bits per heavy atom. The highest BCUT2D eigenvalue weighted by Crippen LogP contribution is 2.19. The van der Waals surface area contributed by atoms with Crippen LogP contribution in [0.15, 0.2) is 61.2 Å². The van der Waals surface area contributed by atoms with Gasteiger partial charge in [0.1, 0.15) is 18.2 Å². The number of anilines is 1. The molecule has 0 unspecified atom stereocenters. The van der Waals surface area contributed by atoms with Crippen molar-refractivity contribution in [2.45, 2.75) is 13.0 Å². The van der Waals surface area contributed by atoms with Gasteiger partial charge in [0.25, 0.3) is 0 Å². The molecule has 2 aromatic carbocycles. The maximum absolute atomic E-state index is 12.8. The van der Waals surface area contributed by atoms with E-state index in [1.807, 2.05) is 0 Å². The summed E-state index contributed by atoms with van der Waals surface area (Å²) in [5, 5.41) is 0.923. The molecule has 0 radical (unpaired) electrons. The Morgan fingerprint density at radius 3 is 2.46 bits per heavy atom. The molecule has 0 bridgehead atoms. The topological polar surface area (TPSA) is 64.8 Å². The average Bonchev–Trinajstić information content (AvgIpc) is 2.61. The maximum Gasteiger partial charge on any atom is 0.428 e. The molecule has 2 aromatic rings. The van der Waals surface area contributed by atoms with Gasteiger partial charge in [-0.1, -0.05) is 18.2 Å². The lowest BCUT2D eigenvalue weighted by Crippen LogP contribution is -2.38. The first-order valence-electron chi connectivity index (χ1n) is 7.40. The normalized spacial score (nSPS) is 10.1. The van der Waals surface area contributed by atoms with Crippen molar-refractivity contribution in [3.8, 4) is 5.75 Å². The zero-order chi connectivity index (χ0) is 17.4. The first-order chi connectivity index (χ1) is 11.6. The molecule has 5 nitrogen and oxygen atoms in total. The van der Waals surface area contributed by atoms with Crippen LogP contribution in [0.5, 0.6) is 5.75 Å². The summed E-state index contributed by atoms with van der Waals surface area (Å²) >= 11 is 0. The standard InChI is InChI=1S/C18H19FN2O3/c1-2-3-12-23-18(22)21(20)16-8-10-17(11-9-16)24-13-14-4-6-15(19)7-5-14/h2,4-11H,1,3,12-13,20H2. The van der Waals surface area contributed by atoms with Crippen LogP contribution in [-0.2, 0) is 11.3 Å². The van der Waals surface area contributed by atoms with Crippen LogP contribution in [0.4, 0.5) is 14.9 Å². The second-order valence-corrected chi connectivity index (χ2v) is 4.97. The van der Waals surface area contributed by atoms with E-state index in [0.717, 1.165) is 10.6 Å². The molecule has 6 heteroatoms. The molecule has 0 fully saturated rings. The SMILES string of the molecule is C=CCCOC(=O)N(N)c1ccc(OCc2ccc(F)cc2)cc1. The fraction of sp³-hybridized carbons (Fsp3) is 0.167. The molecule has 2 N–H and O–H groups in total. The highest BCUT2D eigenvalue weighted by Gasteiger charge is 2.12. The Balaban J connectivity index is 1.88. The van der Waals surface area contributed by atoms with E-state index in [9.17, 15) is 9.18 Å². The van der Waals surface area contributed by atoms with E-state index in [1.54, 1.807) is 42.5 Å². The summed E-state index contributed by atoms with van der Waals surface area (Å²) in [5.41, 5.74) is 1.33. The van der Waals surface area contributed by atoms with Gasteiger partial charge in [-0.05, 0) is 48.4 Å². The van der Waals surface area contributed by atoms with Crippen molar-refractivity contribution in [3.63, 3.8) is 0 Å². The lowest BCUT2D eigenvalue weighted by molar-refractivity contribution is 0.155. The minimum Gasteiger partial charge on any atom is -0.489 e. The molecule has 1 amide bonds. The van der Waals surface area contributed by atoms with Gasteiger partial charge in [-0.15, -0.1) is 6.58 Å². The first kappa shape index (κ1) is 17.5. The van der Waals surface area contributed by atoms with Crippen LogP contribution >= 0.6 is 0 Å². The van der Waals surface area contributed by atoms with Crippen molar-refractivity contribution in [2.24, 2.45) is 5.84 Å². The van der Waals surface area contributed by atoms with Crippen molar-refractivity contribution in [2.75, 3.05) is 11.6 Å². The minimum atomic E-state index is -0.642. The molecule has 0 aliphatic heterocycles. The number of amides is 1. The molecule has 0 spiro atoms. The van der Waals surface area contributed by atoms with Crippen molar-refractivity contribution in [3.05, 3.63) is 72.6 Å². The van der Waals surface area contributed by atoms with E-state index in [-0.39, 0.29) is 12.4 Å². The maximum atomic E-state index is 12.8. The summed E-state index contributed by atoms with van der Waals surface area (Å²) in [6.45, 7) is 4.09. The minimum absolute atomic E-state index is 0.231. The van der Waals surface area contributed by atoms with E-state index in [2.05, 4.69) is 6.58 Å². The third kappa shape index (κ3) is 5.10. The number of carbonyl (C=O) groups is 1. The number of rotatable bonds is 7. The van der Waals surface area contributed by atoms with Crippen LogP contribution < -0.4 is 15.6 Å². The van der Waals surface area contributed by atoms with Gasteiger partial charge in [0, 0.05) is 0 Å². The molecular weight excluding hydrogens is 311 g/mol. The largest absolute Gasteiger partial charge is 0.489 e. The van der Waals surface area contributed by atoms with Gasteiger partial charge in [-0.2, -0.15) is 0 Å². The van der Waals surface area contributed by atoms with Gasteiger partial charge in [-0.25, -0.2) is 20.0 Å². The monoisotopic (exact) mass is 330 g/mol. The van der Waals surface area contributed by atoms with E-state index >= 15 is 0 Å². The summed E-state index contributed by atoms with van der Waals surface area (Å²) in [6.07, 6.45) is 1.58. The molecule has 0 heterocycles. The number of nitrogens with two attached hydrogens (primary N) is 1. The summed E-state index contributed by atoms with van der Waals surface area (Å²) in [7, 11) is 0. The molecule has 126 valence electrons. The van der Waals surface area contributed by atoms with Crippen molar-refractivity contribution in [1.29, 1.82) is 0 Å². The number of hydrogen-bond acceptors (Lipinski definition) is 4. The molecule has 0 saturated carbocycles. The van der Waals surface area contributed by atoms with Gasteiger partial charge in [-0.3, -0.25) is 0 Å². The molecule has 0 aliphatic rings. The number of benzene rings is 2. The number of hydrogen-bond donors (Lipinski definition) is 1. The molecule has 0 saturated heterocycles. The second kappa shape index (κ2) is 8.69. The van der Waals surface area contributed by atoms with Crippen LogP contribution in [0.1, 0.15) is 12.0 Å². The van der Waals surface area contributed by atoms with Crippen LogP contribution in [-0.4, -0.2) is 12.7 Å². The predicted octanol–water partition coefficient (Wildman–Crippen LogP) is 3.80. The van der Waals surface area contributed by atoms with Gasteiger partial charge >= 0.3 is 6.09 Å². The third-order valence-electron chi connectivity index (χ3n) is 3.18. The Bertz CT molecular complexity index is 672. The smallest absolute Gasteiger partial charge is 0.428 e. The quantitative estimate of drug-likeness (QED) is 0.276. The molecule has 2 rings (SSSR count). The molecule has 24 heavy (non-hydrogen) atoms. The Kier molecular flexibility index (Phi) is 6.33. The fourth-order valence-corrected chi connectivity index (χ4v) is 1.85. The van der Waals surface area contributed by atoms with Crippen molar-refractivity contribution < 1.29 is 18.7 Å². The predicted molar refractivity (Wildman–Crippen MR) is 90.0 cm³/mol. The first-order valence-corrected chi connectivity index (χ1v) is 7.40. The molecular formula is C18H19FN2O3. The lowest BCUT2D eigenvalue weighted by Gasteiger charge is -2.16. The Hall–Kier alpha value is -2.86. The molecule has 0 atom stereocenters. The highest BCUT2D eigenvalue weighted by atomic mass is 19.1. The van der Waals surface area contributed by atoms with Crippen LogP contribution in [0, 0.1) is 5.82 Å². The van der Waals surface area contributed by atoms with E-state index in [1.165, 1.54) is 12.1 Å². The van der Waals surface area contributed by atoms with Crippen molar-refractivity contribution in [1.82, 2.24) is 0 Å². The highest BCUT2D eigenvalue weighted by molar-refractivity contribution is 5.86. The summed E-state index contributed by atoms with van der Waals surface area (Å²) in [6, 6.07) is 12.8. The van der Waals surface area contributed by atoms with Crippen LogP contribution in [0.3, 0.4) is 0 Å². The summed E-state index contributed by atoms with van der Waals surface area (Å²) in [4.78, 5) is 11.7. The number of halogens is 1. The Morgan fingerprint density at radius 2 is 1.83 bits per heavy atom. The van der Waals surface area contributed by atoms with E-state index in [0.29, 0.717) is 24.5 Å². The number of nitrogens with zero attached hydrogens (tertiary/aromatic N) is 1. The number of hydrazine groups is 1. The van der Waals surface area contributed by atoms with Gasteiger partial charge < -0.3 is 9.47 Å². The summed E-state index contributed by atoms with van der Waals surface area (Å²) in [5.74, 6) is 6.03. The van der Waals surface area contributed by atoms with Crippen LogP contribution in [0.25, 0.3) is 0 Å². The third-order valence-corrected chi connectivity index (χ3v) is 3.18. The number of ether oxygens (including phenoxy) is 2. The molecule has 0 aromatic heterocycles. The fourth-order valence-electron chi connectivity index (χ4n) is 1.85. The van der Waals surface area contributed by atoms with E-state index < -0.39 is 6.09 Å². The van der Waals surface area contributed by atoms with Crippen LogP contribution in [0.2, 0.25) is 0 Å². The average molecular weight is 330 g/mol.